The first-order valence-electron chi connectivity index (χ1n) is 13.4. The molecule has 0 aromatic heterocycles. The van der Waals surface area contributed by atoms with Crippen molar-refractivity contribution >= 4 is 14.1 Å². The van der Waals surface area contributed by atoms with Gasteiger partial charge in [-0.15, -0.1) is 0 Å². The molecule has 0 amide bonds. The van der Waals surface area contributed by atoms with Crippen LogP contribution in [0, 0.1) is 0 Å². The van der Waals surface area contributed by atoms with Gasteiger partial charge in [0.1, 0.15) is 0 Å². The average molecular weight is 467 g/mol. The Morgan fingerprint density at radius 1 is 0.853 bits per heavy atom. The Morgan fingerprint density at radius 3 is 2.15 bits per heavy atom. The molecule has 5 rings (SSSR count). The molecule has 0 aliphatic heterocycles. The Morgan fingerprint density at radius 2 is 1.50 bits per heavy atom. The van der Waals surface area contributed by atoms with E-state index < -0.39 is 8.07 Å². The van der Waals surface area contributed by atoms with Crippen LogP contribution in [0.2, 0.25) is 18.6 Å². The summed E-state index contributed by atoms with van der Waals surface area (Å²) >= 11 is 0. The zero-order valence-corrected chi connectivity index (χ0v) is 23.8. The fraction of sp³-hybridized carbons (Fsp3) is 0.455. The Labute approximate surface area is 208 Å². The van der Waals surface area contributed by atoms with E-state index in [-0.39, 0.29) is 0 Å². The van der Waals surface area contributed by atoms with Crippen molar-refractivity contribution in [2.24, 2.45) is 0 Å². The molecule has 0 radical (unpaired) electrons. The number of rotatable bonds is 4. The van der Waals surface area contributed by atoms with Crippen LogP contribution in [0.15, 0.2) is 58.2 Å². The van der Waals surface area contributed by atoms with Crippen molar-refractivity contribution in [2.75, 3.05) is 0 Å². The third kappa shape index (κ3) is 3.30. The standard InChI is InChI=1S/C33H42Si/c1-19(2)26-14-10-11-15-28(26)31-27-16-12-13-25(27)18-30-29(31)17-20(3)32(30)34(8,9)33-23(6)21(4)22(5)24(33)7/h10-11,14-15,17-19,32-33H,12-13,16H2,1-9H3. The number of hydrogen-bond donors (Lipinski definition) is 0. The Kier molecular flexibility index (Phi) is 5.71. The van der Waals surface area contributed by atoms with Gasteiger partial charge in [0.2, 0.25) is 0 Å². The Balaban J connectivity index is 1.74. The highest BCUT2D eigenvalue weighted by atomic mass is 28.3. The first kappa shape index (κ1) is 23.6. The molecular weight excluding hydrogens is 424 g/mol. The van der Waals surface area contributed by atoms with Gasteiger partial charge in [-0.2, -0.15) is 0 Å². The van der Waals surface area contributed by atoms with E-state index in [1.54, 1.807) is 55.7 Å². The molecule has 0 spiro atoms. The summed E-state index contributed by atoms with van der Waals surface area (Å²) in [4.78, 5) is 0. The maximum absolute atomic E-state index is 2.67. The Bertz CT molecular complexity index is 1250. The van der Waals surface area contributed by atoms with Crippen molar-refractivity contribution in [2.45, 2.75) is 97.8 Å². The van der Waals surface area contributed by atoms with Gasteiger partial charge in [-0.05, 0) is 115 Å². The summed E-state index contributed by atoms with van der Waals surface area (Å²) in [6, 6.07) is 11.9. The fourth-order valence-corrected chi connectivity index (χ4v) is 13.2. The van der Waals surface area contributed by atoms with Gasteiger partial charge in [0.15, 0.2) is 0 Å². The lowest BCUT2D eigenvalue weighted by Gasteiger charge is -2.39. The number of aryl methyl sites for hydroxylation is 1. The van der Waals surface area contributed by atoms with Gasteiger partial charge in [-0.3, -0.25) is 0 Å². The second-order valence-electron chi connectivity index (χ2n) is 12.2. The van der Waals surface area contributed by atoms with Crippen molar-refractivity contribution in [3.05, 3.63) is 86.0 Å². The van der Waals surface area contributed by atoms with E-state index in [1.165, 1.54) is 30.4 Å². The van der Waals surface area contributed by atoms with Crippen LogP contribution in [0.25, 0.3) is 17.2 Å². The Hall–Kier alpha value is -2.12. The second-order valence-corrected chi connectivity index (χ2v) is 17.0. The van der Waals surface area contributed by atoms with Crippen molar-refractivity contribution in [1.82, 2.24) is 0 Å². The van der Waals surface area contributed by atoms with E-state index in [1.807, 2.05) is 0 Å². The van der Waals surface area contributed by atoms with Crippen molar-refractivity contribution in [3.63, 3.8) is 0 Å². The predicted molar refractivity (Wildman–Crippen MR) is 152 cm³/mol. The molecule has 1 atom stereocenters. The SMILES string of the molecule is CC1=Cc2c(cc3c(c2-c2ccccc2C(C)C)CCC3)C1[Si](C)(C)C1C(C)=C(C)C(C)=C1C. The average Bonchev–Trinajstić information content (AvgIpc) is 3.43. The summed E-state index contributed by atoms with van der Waals surface area (Å²) in [5.74, 6) is 0.530. The lowest BCUT2D eigenvalue weighted by molar-refractivity contribution is 0.868. The van der Waals surface area contributed by atoms with Gasteiger partial charge >= 0.3 is 0 Å². The minimum absolute atomic E-state index is 0.530. The molecule has 3 aliphatic carbocycles. The van der Waals surface area contributed by atoms with Crippen LogP contribution in [0.3, 0.4) is 0 Å². The second kappa shape index (κ2) is 8.23. The topological polar surface area (TPSA) is 0 Å². The van der Waals surface area contributed by atoms with E-state index in [9.17, 15) is 0 Å². The van der Waals surface area contributed by atoms with Crippen LogP contribution in [0.5, 0.6) is 0 Å². The summed E-state index contributed by atoms with van der Waals surface area (Å²) in [6.45, 7) is 22.0. The highest BCUT2D eigenvalue weighted by Crippen LogP contribution is 2.56. The molecule has 0 heterocycles. The zero-order chi connectivity index (χ0) is 24.5. The number of hydrogen-bond acceptors (Lipinski definition) is 0. The highest BCUT2D eigenvalue weighted by molar-refractivity contribution is 6.82. The monoisotopic (exact) mass is 466 g/mol. The summed E-state index contributed by atoms with van der Waals surface area (Å²) in [5, 5.41) is 0. The molecule has 2 aromatic rings. The van der Waals surface area contributed by atoms with Crippen molar-refractivity contribution in [1.29, 1.82) is 0 Å². The zero-order valence-electron chi connectivity index (χ0n) is 22.8. The number of fused-ring (bicyclic) bond motifs is 2. The maximum atomic E-state index is 2.67. The third-order valence-electron chi connectivity index (χ3n) is 9.56. The minimum atomic E-state index is -1.74. The molecule has 1 unspecified atom stereocenters. The maximum Gasteiger partial charge on any atom is 0.0717 e. The van der Waals surface area contributed by atoms with Gasteiger partial charge in [0.05, 0.1) is 8.07 Å². The molecule has 0 N–H and O–H groups in total. The largest absolute Gasteiger partial charge is 0.0717 e. The quantitative estimate of drug-likeness (QED) is 0.393. The smallest absolute Gasteiger partial charge is 0.0679 e. The predicted octanol–water partition coefficient (Wildman–Crippen LogP) is 9.77. The molecule has 34 heavy (non-hydrogen) atoms. The van der Waals surface area contributed by atoms with E-state index in [2.05, 4.69) is 98.0 Å². The first-order chi connectivity index (χ1) is 16.1. The first-order valence-corrected chi connectivity index (χ1v) is 16.5. The van der Waals surface area contributed by atoms with Crippen LogP contribution < -0.4 is 0 Å². The van der Waals surface area contributed by atoms with Crippen LogP contribution in [0.4, 0.5) is 0 Å². The van der Waals surface area contributed by atoms with Gasteiger partial charge in [0, 0.05) is 5.54 Å². The highest BCUT2D eigenvalue weighted by Gasteiger charge is 2.47. The molecule has 3 aliphatic rings. The summed E-state index contributed by atoms with van der Waals surface area (Å²) in [7, 11) is -1.74. The lowest BCUT2D eigenvalue weighted by atomic mass is 9.85. The molecule has 0 saturated carbocycles. The van der Waals surface area contributed by atoms with E-state index in [0.29, 0.717) is 17.0 Å². The summed E-state index contributed by atoms with van der Waals surface area (Å²) in [5.41, 5.74) is 20.2. The fourth-order valence-electron chi connectivity index (χ4n) is 7.89. The molecule has 2 aromatic carbocycles. The molecule has 0 nitrogen and oxygen atoms in total. The number of benzene rings is 2. The van der Waals surface area contributed by atoms with E-state index in [0.717, 1.165) is 0 Å². The summed E-state index contributed by atoms with van der Waals surface area (Å²) in [6.07, 6.45) is 6.36. The molecular formula is C33H42Si. The third-order valence-corrected chi connectivity index (χ3v) is 14.2. The van der Waals surface area contributed by atoms with Crippen molar-refractivity contribution < 1.29 is 0 Å². The van der Waals surface area contributed by atoms with Crippen LogP contribution in [0.1, 0.15) is 94.2 Å². The molecule has 0 saturated heterocycles. The molecule has 1 heteroatoms. The van der Waals surface area contributed by atoms with Crippen LogP contribution in [-0.2, 0) is 12.8 Å². The normalized spacial score (nSPS) is 20.5. The lowest BCUT2D eigenvalue weighted by Crippen LogP contribution is -2.41. The van der Waals surface area contributed by atoms with E-state index >= 15 is 0 Å². The molecule has 0 fully saturated rings. The van der Waals surface area contributed by atoms with Gasteiger partial charge in [-0.1, -0.05) is 80.1 Å². The molecule has 178 valence electrons. The van der Waals surface area contributed by atoms with Gasteiger partial charge in [-0.25, -0.2) is 0 Å². The van der Waals surface area contributed by atoms with Gasteiger partial charge < -0.3 is 0 Å². The van der Waals surface area contributed by atoms with Gasteiger partial charge in [0.25, 0.3) is 0 Å². The van der Waals surface area contributed by atoms with E-state index in [4.69, 9.17) is 0 Å². The van der Waals surface area contributed by atoms with Crippen LogP contribution in [-0.4, -0.2) is 8.07 Å². The van der Waals surface area contributed by atoms with Crippen LogP contribution >= 0.6 is 0 Å². The minimum Gasteiger partial charge on any atom is -0.0679 e. The van der Waals surface area contributed by atoms with Crippen molar-refractivity contribution in [3.8, 4) is 11.1 Å². The summed E-state index contributed by atoms with van der Waals surface area (Å²) < 4.78 is 0. The molecule has 0 bridgehead atoms. The number of allylic oxidation sites excluding steroid dienone is 5.